The van der Waals surface area contributed by atoms with E-state index in [2.05, 4.69) is 37.6 Å². The number of halogens is 1. The molecule has 0 amide bonds. The molecule has 0 radical (unpaired) electrons. The average molecular weight is 493 g/mol. The molecule has 1 fully saturated rings. The minimum absolute atomic E-state index is 0. The summed E-state index contributed by atoms with van der Waals surface area (Å²) in [4.78, 5) is 7.24. The number of likely N-dealkylation sites (tertiary alicyclic amines) is 1. The van der Waals surface area contributed by atoms with E-state index in [1.165, 1.54) is 25.8 Å². The van der Waals surface area contributed by atoms with Crippen LogP contribution in [0.15, 0.2) is 4.99 Å². The van der Waals surface area contributed by atoms with Crippen LogP contribution in [0.5, 0.6) is 0 Å². The molecule has 1 unspecified atom stereocenters. The summed E-state index contributed by atoms with van der Waals surface area (Å²) in [7, 11) is 3.67. The molecule has 2 rings (SSSR count). The fourth-order valence-electron chi connectivity index (χ4n) is 3.16. The lowest BCUT2D eigenvalue weighted by Gasteiger charge is -2.33. The summed E-state index contributed by atoms with van der Waals surface area (Å²) in [5.41, 5.74) is 0. The van der Waals surface area contributed by atoms with Gasteiger partial charge in [0.25, 0.3) is 0 Å². The second kappa shape index (κ2) is 13.3. The number of ether oxygens (including phenoxy) is 1. The smallest absolute Gasteiger partial charge is 0.191 e. The summed E-state index contributed by atoms with van der Waals surface area (Å²) in [5.74, 6) is 2.56. The van der Waals surface area contributed by atoms with Crippen LogP contribution in [-0.2, 0) is 18.3 Å². The molecule has 1 saturated heterocycles. The van der Waals surface area contributed by atoms with Crippen molar-refractivity contribution >= 4 is 29.9 Å². The van der Waals surface area contributed by atoms with E-state index in [0.29, 0.717) is 13.2 Å². The first-order valence-corrected chi connectivity index (χ1v) is 9.72. The van der Waals surface area contributed by atoms with Crippen LogP contribution >= 0.6 is 24.0 Å². The van der Waals surface area contributed by atoms with Gasteiger partial charge in [0.15, 0.2) is 11.8 Å². The first kappa shape index (κ1) is 24.1. The molecule has 156 valence electrons. The third kappa shape index (κ3) is 8.30. The van der Waals surface area contributed by atoms with Gasteiger partial charge in [0, 0.05) is 39.8 Å². The normalized spacial score (nSPS) is 18.2. The molecule has 9 heteroatoms. The maximum absolute atomic E-state index is 5.12. The molecule has 1 atom stereocenters. The van der Waals surface area contributed by atoms with Gasteiger partial charge in [0.05, 0.1) is 6.61 Å². The van der Waals surface area contributed by atoms with E-state index in [0.717, 1.165) is 49.7 Å². The summed E-state index contributed by atoms with van der Waals surface area (Å²) >= 11 is 0. The van der Waals surface area contributed by atoms with Crippen LogP contribution in [0.3, 0.4) is 0 Å². The van der Waals surface area contributed by atoms with Crippen molar-refractivity contribution in [2.75, 3.05) is 39.9 Å². The van der Waals surface area contributed by atoms with Gasteiger partial charge in [-0.25, -0.2) is 4.99 Å². The fourth-order valence-corrected chi connectivity index (χ4v) is 3.16. The highest BCUT2D eigenvalue weighted by atomic mass is 127. The zero-order valence-corrected chi connectivity index (χ0v) is 19.5. The maximum Gasteiger partial charge on any atom is 0.191 e. The van der Waals surface area contributed by atoms with Crippen LogP contribution in [-0.4, -0.2) is 71.6 Å². The molecule has 1 aromatic rings. The van der Waals surface area contributed by atoms with Crippen molar-refractivity contribution in [3.8, 4) is 0 Å². The Bertz CT molecular complexity index is 564. The number of aliphatic imine (C=N–C) groups is 1. The number of nitrogens with one attached hydrogen (secondary N) is 2. The van der Waals surface area contributed by atoms with E-state index in [1.807, 2.05) is 18.5 Å². The van der Waals surface area contributed by atoms with Gasteiger partial charge in [0.1, 0.15) is 12.4 Å². The number of aromatic nitrogens is 3. The SMILES string of the molecule is COCCNC(=NCc1nnc(C)n1C)NCCCN1CCCCC1C.I. The predicted octanol–water partition coefficient (Wildman–Crippen LogP) is 1.69. The first-order valence-electron chi connectivity index (χ1n) is 9.72. The van der Waals surface area contributed by atoms with Crippen molar-refractivity contribution in [1.82, 2.24) is 30.3 Å². The van der Waals surface area contributed by atoms with Crippen LogP contribution in [0.4, 0.5) is 0 Å². The number of aryl methyl sites for hydroxylation is 1. The van der Waals surface area contributed by atoms with E-state index in [-0.39, 0.29) is 24.0 Å². The number of nitrogens with zero attached hydrogens (tertiary/aromatic N) is 5. The van der Waals surface area contributed by atoms with Crippen molar-refractivity contribution in [3.05, 3.63) is 11.6 Å². The van der Waals surface area contributed by atoms with Crippen LogP contribution < -0.4 is 10.6 Å². The molecule has 1 aliphatic heterocycles. The zero-order valence-electron chi connectivity index (χ0n) is 17.2. The van der Waals surface area contributed by atoms with E-state index in [4.69, 9.17) is 4.74 Å². The average Bonchev–Trinajstić information content (AvgIpc) is 2.96. The molecule has 0 bridgehead atoms. The maximum atomic E-state index is 5.12. The molecule has 1 aliphatic rings. The molecule has 0 spiro atoms. The minimum atomic E-state index is 0. The molecule has 0 aromatic carbocycles. The van der Waals surface area contributed by atoms with Gasteiger partial charge in [-0.2, -0.15) is 0 Å². The number of piperidine rings is 1. The summed E-state index contributed by atoms with van der Waals surface area (Å²) in [6.07, 6.45) is 5.14. The Morgan fingerprint density at radius 1 is 1.26 bits per heavy atom. The summed E-state index contributed by atoms with van der Waals surface area (Å²) in [6.45, 7) is 9.44. The Morgan fingerprint density at radius 3 is 2.70 bits per heavy atom. The van der Waals surface area contributed by atoms with Gasteiger partial charge in [-0.15, -0.1) is 34.2 Å². The second-order valence-electron chi connectivity index (χ2n) is 6.97. The third-order valence-corrected chi connectivity index (χ3v) is 5.02. The van der Waals surface area contributed by atoms with Crippen LogP contribution in [0.1, 0.15) is 44.3 Å². The number of rotatable bonds is 9. The lowest BCUT2D eigenvalue weighted by atomic mass is 10.0. The van der Waals surface area contributed by atoms with Crippen molar-refractivity contribution in [2.24, 2.45) is 12.0 Å². The van der Waals surface area contributed by atoms with Gasteiger partial charge >= 0.3 is 0 Å². The number of hydrogen-bond donors (Lipinski definition) is 2. The number of methoxy groups -OCH3 is 1. The van der Waals surface area contributed by atoms with Gasteiger partial charge in [-0.05, 0) is 39.7 Å². The second-order valence-corrected chi connectivity index (χ2v) is 6.97. The van der Waals surface area contributed by atoms with Gasteiger partial charge in [-0.1, -0.05) is 6.42 Å². The molecule has 0 saturated carbocycles. The third-order valence-electron chi connectivity index (χ3n) is 5.02. The highest BCUT2D eigenvalue weighted by Gasteiger charge is 2.17. The number of guanidine groups is 1. The van der Waals surface area contributed by atoms with Crippen LogP contribution in [0.25, 0.3) is 0 Å². The Kier molecular flexibility index (Phi) is 11.8. The Hall–Kier alpha value is -0.940. The highest BCUT2D eigenvalue weighted by Crippen LogP contribution is 2.15. The summed E-state index contributed by atoms with van der Waals surface area (Å²) < 4.78 is 7.08. The lowest BCUT2D eigenvalue weighted by Crippen LogP contribution is -2.42. The monoisotopic (exact) mass is 493 g/mol. The highest BCUT2D eigenvalue weighted by molar-refractivity contribution is 14.0. The number of hydrogen-bond acceptors (Lipinski definition) is 5. The fraction of sp³-hybridized carbons (Fsp3) is 0.833. The van der Waals surface area contributed by atoms with Crippen molar-refractivity contribution < 1.29 is 4.74 Å². The van der Waals surface area contributed by atoms with Crippen molar-refractivity contribution in [1.29, 1.82) is 0 Å². The molecular formula is C18H36IN7O. The van der Waals surface area contributed by atoms with Crippen molar-refractivity contribution in [2.45, 2.75) is 52.1 Å². The molecular weight excluding hydrogens is 457 g/mol. The van der Waals surface area contributed by atoms with E-state index < -0.39 is 0 Å². The lowest BCUT2D eigenvalue weighted by molar-refractivity contribution is 0.159. The quantitative estimate of drug-likeness (QED) is 0.236. The Balaban J connectivity index is 0.00000364. The van der Waals surface area contributed by atoms with E-state index in [9.17, 15) is 0 Å². The van der Waals surface area contributed by atoms with Crippen molar-refractivity contribution in [3.63, 3.8) is 0 Å². The Labute approximate surface area is 180 Å². The first-order chi connectivity index (χ1) is 12.6. The zero-order chi connectivity index (χ0) is 18.8. The molecule has 2 N–H and O–H groups in total. The van der Waals surface area contributed by atoms with Gasteiger partial charge in [0.2, 0.25) is 0 Å². The van der Waals surface area contributed by atoms with Crippen LogP contribution in [0, 0.1) is 6.92 Å². The largest absolute Gasteiger partial charge is 0.383 e. The predicted molar refractivity (Wildman–Crippen MR) is 120 cm³/mol. The molecule has 1 aromatic heterocycles. The summed E-state index contributed by atoms with van der Waals surface area (Å²) in [5, 5.41) is 15.0. The van der Waals surface area contributed by atoms with Gasteiger partial charge < -0.3 is 24.8 Å². The van der Waals surface area contributed by atoms with Crippen LogP contribution in [0.2, 0.25) is 0 Å². The summed E-state index contributed by atoms with van der Waals surface area (Å²) in [6, 6.07) is 0.718. The van der Waals surface area contributed by atoms with E-state index in [1.54, 1.807) is 7.11 Å². The molecule has 2 heterocycles. The Morgan fingerprint density at radius 2 is 2.04 bits per heavy atom. The molecule has 0 aliphatic carbocycles. The molecule has 27 heavy (non-hydrogen) atoms. The topological polar surface area (TPSA) is 79.6 Å². The minimum Gasteiger partial charge on any atom is -0.383 e. The molecule has 8 nitrogen and oxygen atoms in total. The van der Waals surface area contributed by atoms with E-state index >= 15 is 0 Å². The standard InChI is InChI=1S/C18H35N7O.HI/c1-15-8-5-6-11-25(15)12-7-9-19-18(20-10-13-26-4)21-14-17-23-22-16(2)24(17)3;/h15H,5-14H2,1-4H3,(H2,19,20,21);1H. The van der Waals surface area contributed by atoms with Gasteiger partial charge in [-0.3, -0.25) is 0 Å².